The van der Waals surface area contributed by atoms with Crippen LogP contribution in [0.25, 0.3) is 0 Å². The van der Waals surface area contributed by atoms with Crippen LogP contribution in [0.1, 0.15) is 11.6 Å². The van der Waals surface area contributed by atoms with Gasteiger partial charge in [0.2, 0.25) is 0 Å². The predicted octanol–water partition coefficient (Wildman–Crippen LogP) is 4.15. The SMILES string of the molecule is O=C(Nc1ccc(Cl)c(Cl)c1)NC(Cn1nccn1)c1ccccc1. The number of rotatable bonds is 5. The molecule has 128 valence electrons. The topological polar surface area (TPSA) is 71.8 Å². The van der Waals surface area contributed by atoms with Crippen LogP contribution in [0.3, 0.4) is 0 Å². The molecule has 2 amide bonds. The molecule has 0 saturated heterocycles. The number of anilines is 1. The largest absolute Gasteiger partial charge is 0.329 e. The van der Waals surface area contributed by atoms with Crippen LogP contribution in [0.5, 0.6) is 0 Å². The molecule has 0 saturated carbocycles. The summed E-state index contributed by atoms with van der Waals surface area (Å²) in [6.07, 6.45) is 3.19. The lowest BCUT2D eigenvalue weighted by Crippen LogP contribution is -2.35. The Bertz CT molecular complexity index is 840. The molecule has 0 fully saturated rings. The molecule has 6 nitrogen and oxygen atoms in total. The van der Waals surface area contributed by atoms with Crippen LogP contribution in [0.4, 0.5) is 10.5 Å². The molecule has 2 aromatic carbocycles. The van der Waals surface area contributed by atoms with Crippen molar-refractivity contribution in [3.63, 3.8) is 0 Å². The first-order valence-corrected chi connectivity index (χ1v) is 8.29. The second-order valence-electron chi connectivity index (χ2n) is 5.27. The minimum Gasteiger partial charge on any atom is -0.329 e. The fourth-order valence-corrected chi connectivity index (χ4v) is 2.62. The molecule has 8 heteroatoms. The molecule has 0 aliphatic rings. The zero-order chi connectivity index (χ0) is 17.6. The van der Waals surface area contributed by atoms with Gasteiger partial charge >= 0.3 is 6.03 Å². The van der Waals surface area contributed by atoms with E-state index in [2.05, 4.69) is 20.8 Å². The van der Waals surface area contributed by atoms with E-state index >= 15 is 0 Å². The van der Waals surface area contributed by atoms with E-state index in [-0.39, 0.29) is 12.1 Å². The van der Waals surface area contributed by atoms with Gasteiger partial charge in [0.05, 0.1) is 35.0 Å². The number of hydrogen-bond donors (Lipinski definition) is 2. The molecule has 3 rings (SSSR count). The lowest BCUT2D eigenvalue weighted by molar-refractivity contribution is 0.246. The minimum atomic E-state index is -0.362. The summed E-state index contributed by atoms with van der Waals surface area (Å²) in [7, 11) is 0. The highest BCUT2D eigenvalue weighted by Crippen LogP contribution is 2.25. The van der Waals surface area contributed by atoms with E-state index < -0.39 is 0 Å². The number of nitrogens with one attached hydrogen (secondary N) is 2. The van der Waals surface area contributed by atoms with Crippen molar-refractivity contribution in [2.75, 3.05) is 5.32 Å². The number of nitrogens with zero attached hydrogens (tertiary/aromatic N) is 3. The predicted molar refractivity (Wildman–Crippen MR) is 97.8 cm³/mol. The number of amides is 2. The second-order valence-corrected chi connectivity index (χ2v) is 6.09. The van der Waals surface area contributed by atoms with Gasteiger partial charge < -0.3 is 10.6 Å². The van der Waals surface area contributed by atoms with Crippen molar-refractivity contribution in [3.05, 3.63) is 76.5 Å². The quantitative estimate of drug-likeness (QED) is 0.703. The van der Waals surface area contributed by atoms with E-state index in [4.69, 9.17) is 23.2 Å². The first-order chi connectivity index (χ1) is 12.1. The van der Waals surface area contributed by atoms with Gasteiger partial charge in [-0.1, -0.05) is 53.5 Å². The highest BCUT2D eigenvalue weighted by molar-refractivity contribution is 6.42. The average molecular weight is 376 g/mol. The number of benzene rings is 2. The Morgan fingerprint density at radius 1 is 1.04 bits per heavy atom. The van der Waals surface area contributed by atoms with Crippen molar-refractivity contribution < 1.29 is 4.79 Å². The lowest BCUT2D eigenvalue weighted by atomic mass is 10.1. The molecule has 0 bridgehead atoms. The molecular weight excluding hydrogens is 361 g/mol. The monoisotopic (exact) mass is 375 g/mol. The van der Waals surface area contributed by atoms with E-state index in [9.17, 15) is 4.79 Å². The molecule has 3 aromatic rings. The maximum atomic E-state index is 12.4. The van der Waals surface area contributed by atoms with Crippen LogP contribution in [0.2, 0.25) is 10.0 Å². The zero-order valence-corrected chi connectivity index (χ0v) is 14.6. The van der Waals surface area contributed by atoms with Gasteiger partial charge in [-0.15, -0.1) is 0 Å². The van der Waals surface area contributed by atoms with Crippen LogP contribution in [-0.4, -0.2) is 21.0 Å². The van der Waals surface area contributed by atoms with Crippen molar-refractivity contribution in [3.8, 4) is 0 Å². The summed E-state index contributed by atoms with van der Waals surface area (Å²) < 4.78 is 0. The van der Waals surface area contributed by atoms with E-state index in [0.717, 1.165) is 5.56 Å². The van der Waals surface area contributed by atoms with Gasteiger partial charge in [0, 0.05) is 5.69 Å². The number of aromatic nitrogens is 3. The third-order valence-corrected chi connectivity index (χ3v) is 4.24. The second kappa shape index (κ2) is 8.00. The van der Waals surface area contributed by atoms with Crippen LogP contribution in [0.15, 0.2) is 60.9 Å². The molecule has 2 N–H and O–H groups in total. The molecular formula is C17H15Cl2N5O. The fraction of sp³-hybridized carbons (Fsp3) is 0.118. The van der Waals surface area contributed by atoms with Gasteiger partial charge in [0.1, 0.15) is 0 Å². The summed E-state index contributed by atoms with van der Waals surface area (Å²) in [4.78, 5) is 13.9. The minimum absolute atomic E-state index is 0.295. The Morgan fingerprint density at radius 2 is 1.76 bits per heavy atom. The molecule has 0 aliphatic heterocycles. The lowest BCUT2D eigenvalue weighted by Gasteiger charge is -2.19. The van der Waals surface area contributed by atoms with E-state index in [0.29, 0.717) is 22.3 Å². The Morgan fingerprint density at radius 3 is 2.44 bits per heavy atom. The van der Waals surface area contributed by atoms with Gasteiger partial charge in [-0.2, -0.15) is 15.0 Å². The molecule has 25 heavy (non-hydrogen) atoms. The van der Waals surface area contributed by atoms with Gasteiger partial charge in [-0.3, -0.25) is 0 Å². The van der Waals surface area contributed by atoms with Gasteiger partial charge in [0.25, 0.3) is 0 Å². The summed E-state index contributed by atoms with van der Waals surface area (Å²) in [5, 5.41) is 14.7. The third-order valence-electron chi connectivity index (χ3n) is 3.50. The van der Waals surface area contributed by atoms with Crippen molar-refractivity contribution in [1.29, 1.82) is 0 Å². The van der Waals surface area contributed by atoms with Crippen molar-refractivity contribution in [1.82, 2.24) is 20.3 Å². The molecule has 0 spiro atoms. The summed E-state index contributed by atoms with van der Waals surface area (Å²) >= 11 is 11.9. The summed E-state index contributed by atoms with van der Waals surface area (Å²) in [5.41, 5.74) is 1.50. The Hall–Kier alpha value is -2.57. The molecule has 1 heterocycles. The van der Waals surface area contributed by atoms with Crippen molar-refractivity contribution in [2.45, 2.75) is 12.6 Å². The normalized spacial score (nSPS) is 11.8. The smallest absolute Gasteiger partial charge is 0.319 e. The maximum absolute atomic E-state index is 12.4. The Kier molecular flexibility index (Phi) is 5.53. The molecule has 0 radical (unpaired) electrons. The number of hydrogen-bond acceptors (Lipinski definition) is 3. The average Bonchev–Trinajstić information content (AvgIpc) is 3.11. The Labute approximate surface area is 154 Å². The van der Waals surface area contributed by atoms with E-state index in [1.54, 1.807) is 30.6 Å². The zero-order valence-electron chi connectivity index (χ0n) is 13.1. The molecule has 1 unspecified atom stereocenters. The molecule has 1 aromatic heterocycles. The highest BCUT2D eigenvalue weighted by Gasteiger charge is 2.16. The third kappa shape index (κ3) is 4.71. The van der Waals surface area contributed by atoms with E-state index in [1.165, 1.54) is 4.80 Å². The van der Waals surface area contributed by atoms with Crippen LogP contribution >= 0.6 is 23.2 Å². The van der Waals surface area contributed by atoms with Crippen molar-refractivity contribution in [2.24, 2.45) is 0 Å². The van der Waals surface area contributed by atoms with Crippen LogP contribution < -0.4 is 10.6 Å². The maximum Gasteiger partial charge on any atom is 0.319 e. The number of urea groups is 1. The van der Waals surface area contributed by atoms with Crippen molar-refractivity contribution >= 4 is 34.9 Å². The van der Waals surface area contributed by atoms with Crippen LogP contribution in [0, 0.1) is 0 Å². The first-order valence-electron chi connectivity index (χ1n) is 7.53. The standard InChI is InChI=1S/C17H15Cl2N5O/c18-14-7-6-13(10-15(14)19)22-17(25)23-16(11-24-20-8-9-21-24)12-4-2-1-3-5-12/h1-10,16H,11H2,(H2,22,23,25). The number of carbonyl (C=O) groups excluding carboxylic acids is 1. The number of carbonyl (C=O) groups is 1. The highest BCUT2D eigenvalue weighted by atomic mass is 35.5. The van der Waals surface area contributed by atoms with Gasteiger partial charge in [-0.05, 0) is 23.8 Å². The fourth-order valence-electron chi connectivity index (χ4n) is 2.32. The summed E-state index contributed by atoms with van der Waals surface area (Å²) in [6.45, 7) is 0.409. The number of halogens is 2. The Balaban J connectivity index is 1.72. The first kappa shape index (κ1) is 17.3. The molecule has 1 atom stereocenters. The van der Waals surface area contributed by atoms with Gasteiger partial charge in [0.15, 0.2) is 0 Å². The van der Waals surface area contributed by atoms with Crippen LogP contribution in [-0.2, 0) is 6.54 Å². The summed E-state index contributed by atoms with van der Waals surface area (Å²) in [6, 6.07) is 13.9. The van der Waals surface area contributed by atoms with E-state index in [1.807, 2.05) is 30.3 Å². The molecule has 0 aliphatic carbocycles. The van der Waals surface area contributed by atoms with Gasteiger partial charge in [-0.25, -0.2) is 4.79 Å². The summed E-state index contributed by atoms with van der Waals surface area (Å²) in [5.74, 6) is 0.